The number of benzene rings is 1. The van der Waals surface area contributed by atoms with Crippen LogP contribution in [0.4, 0.5) is 15.8 Å². The molecule has 0 saturated carbocycles. The van der Waals surface area contributed by atoms with Crippen molar-refractivity contribution in [2.24, 2.45) is 0 Å². The molecule has 1 aliphatic heterocycles. The molecule has 0 atom stereocenters. The van der Waals surface area contributed by atoms with Crippen molar-refractivity contribution in [1.29, 1.82) is 0 Å². The summed E-state index contributed by atoms with van der Waals surface area (Å²) in [6.45, 7) is 1.07. The Hall–Kier alpha value is -2.22. The predicted octanol–water partition coefficient (Wildman–Crippen LogP) is 2.05. The molecule has 8 heteroatoms. The van der Waals surface area contributed by atoms with Crippen LogP contribution in [-0.2, 0) is 4.74 Å². The van der Waals surface area contributed by atoms with Gasteiger partial charge in [0.15, 0.2) is 0 Å². The van der Waals surface area contributed by atoms with E-state index in [0.717, 1.165) is 6.07 Å². The fraction of sp³-hybridized carbons (Fsp3) is 0.462. The van der Waals surface area contributed by atoms with E-state index in [-0.39, 0.29) is 11.7 Å². The predicted molar refractivity (Wildman–Crippen MR) is 72.3 cm³/mol. The van der Waals surface area contributed by atoms with E-state index in [0.29, 0.717) is 32.1 Å². The van der Waals surface area contributed by atoms with Crippen LogP contribution in [0.5, 0.6) is 0 Å². The Morgan fingerprint density at radius 2 is 2.10 bits per heavy atom. The zero-order valence-electron chi connectivity index (χ0n) is 11.4. The minimum atomic E-state index is -1.45. The minimum Gasteiger partial charge on any atom is -0.478 e. The van der Waals surface area contributed by atoms with Gasteiger partial charge in [-0.1, -0.05) is 0 Å². The van der Waals surface area contributed by atoms with Gasteiger partial charge in [-0.15, -0.1) is 0 Å². The Morgan fingerprint density at radius 1 is 1.48 bits per heavy atom. The summed E-state index contributed by atoms with van der Waals surface area (Å²) in [6.07, 6.45) is 1.35. The summed E-state index contributed by atoms with van der Waals surface area (Å²) < 4.78 is 18.9. The highest BCUT2D eigenvalue weighted by Gasteiger charge is 2.28. The van der Waals surface area contributed by atoms with E-state index in [4.69, 9.17) is 9.84 Å². The maximum atomic E-state index is 13.6. The summed E-state index contributed by atoms with van der Waals surface area (Å²) in [5, 5.41) is 20.0. The molecule has 1 fully saturated rings. The van der Waals surface area contributed by atoms with Crippen LogP contribution < -0.4 is 4.90 Å². The van der Waals surface area contributed by atoms with Crippen molar-refractivity contribution >= 4 is 17.3 Å². The maximum Gasteiger partial charge on any atom is 0.338 e. The quantitative estimate of drug-likeness (QED) is 0.675. The van der Waals surface area contributed by atoms with Gasteiger partial charge in [-0.25, -0.2) is 9.18 Å². The van der Waals surface area contributed by atoms with Gasteiger partial charge in [0, 0.05) is 26.3 Å². The first-order chi connectivity index (χ1) is 9.91. The van der Waals surface area contributed by atoms with Gasteiger partial charge in [-0.2, -0.15) is 0 Å². The number of nitro benzene ring substituents is 1. The van der Waals surface area contributed by atoms with Crippen molar-refractivity contribution in [1.82, 2.24) is 0 Å². The SMILES string of the molecule is CN(c1cc(C(=O)O)c(F)cc1[N+](=O)[O-])C1CCOCC1. The second-order valence-electron chi connectivity index (χ2n) is 4.84. The fourth-order valence-corrected chi connectivity index (χ4v) is 2.41. The third-order valence-electron chi connectivity index (χ3n) is 3.61. The summed E-state index contributed by atoms with van der Waals surface area (Å²) in [7, 11) is 1.64. The first-order valence-electron chi connectivity index (χ1n) is 6.43. The molecule has 1 heterocycles. The number of hydrogen-bond acceptors (Lipinski definition) is 5. The Balaban J connectivity index is 2.45. The molecule has 0 amide bonds. The number of halogens is 1. The van der Waals surface area contributed by atoms with E-state index in [9.17, 15) is 19.3 Å². The van der Waals surface area contributed by atoms with E-state index in [1.807, 2.05) is 0 Å². The van der Waals surface area contributed by atoms with Crippen LogP contribution in [-0.4, -0.2) is 42.3 Å². The monoisotopic (exact) mass is 298 g/mol. The van der Waals surface area contributed by atoms with Crippen LogP contribution in [0.3, 0.4) is 0 Å². The van der Waals surface area contributed by atoms with Crippen LogP contribution in [0.15, 0.2) is 12.1 Å². The molecular formula is C13H15FN2O5. The number of carboxylic acid groups (broad SMARTS) is 1. The van der Waals surface area contributed by atoms with Gasteiger partial charge >= 0.3 is 5.97 Å². The number of nitro groups is 1. The van der Waals surface area contributed by atoms with Crippen molar-refractivity contribution in [3.8, 4) is 0 Å². The molecule has 1 aromatic rings. The van der Waals surface area contributed by atoms with Gasteiger partial charge in [0.2, 0.25) is 0 Å². The second kappa shape index (κ2) is 6.04. The number of rotatable bonds is 4. The fourth-order valence-electron chi connectivity index (χ4n) is 2.41. The van der Waals surface area contributed by atoms with E-state index in [1.54, 1.807) is 11.9 Å². The largest absolute Gasteiger partial charge is 0.478 e. The van der Waals surface area contributed by atoms with Gasteiger partial charge in [0.25, 0.3) is 5.69 Å². The van der Waals surface area contributed by atoms with Crippen molar-refractivity contribution in [3.05, 3.63) is 33.6 Å². The summed E-state index contributed by atoms with van der Waals surface area (Å²) in [5.74, 6) is -2.57. The van der Waals surface area contributed by atoms with Crippen molar-refractivity contribution in [2.45, 2.75) is 18.9 Å². The first-order valence-corrected chi connectivity index (χ1v) is 6.43. The number of anilines is 1. The highest BCUT2D eigenvalue weighted by molar-refractivity contribution is 5.90. The van der Waals surface area contributed by atoms with Gasteiger partial charge in [-0.3, -0.25) is 10.1 Å². The standard InChI is InChI=1S/C13H15FN2O5/c1-15(8-2-4-21-5-3-8)11-6-9(13(17)18)10(14)7-12(11)16(19)20/h6-8H,2-5H2,1H3,(H,17,18). The van der Waals surface area contributed by atoms with Gasteiger partial charge in [-0.05, 0) is 18.9 Å². The van der Waals surface area contributed by atoms with Crippen LogP contribution in [0.1, 0.15) is 23.2 Å². The molecule has 2 rings (SSSR count). The molecule has 0 aromatic heterocycles. The molecule has 1 saturated heterocycles. The van der Waals surface area contributed by atoms with Crippen LogP contribution in [0.2, 0.25) is 0 Å². The third-order valence-corrected chi connectivity index (χ3v) is 3.61. The zero-order valence-corrected chi connectivity index (χ0v) is 11.4. The van der Waals surface area contributed by atoms with Gasteiger partial charge < -0.3 is 14.7 Å². The molecule has 0 aliphatic carbocycles. The Bertz CT molecular complexity index is 572. The van der Waals surface area contributed by atoms with Crippen molar-refractivity contribution in [2.75, 3.05) is 25.2 Å². The van der Waals surface area contributed by atoms with Crippen LogP contribution in [0.25, 0.3) is 0 Å². The number of carboxylic acids is 1. The molecule has 0 radical (unpaired) electrons. The first kappa shape index (κ1) is 15.2. The second-order valence-corrected chi connectivity index (χ2v) is 4.84. The molecule has 21 heavy (non-hydrogen) atoms. The van der Waals surface area contributed by atoms with E-state index < -0.39 is 28.0 Å². The summed E-state index contributed by atoms with van der Waals surface area (Å²) in [4.78, 5) is 23.0. The minimum absolute atomic E-state index is 0.00967. The van der Waals surface area contributed by atoms with E-state index >= 15 is 0 Å². The Morgan fingerprint density at radius 3 is 2.62 bits per heavy atom. The third kappa shape index (κ3) is 3.10. The molecular weight excluding hydrogens is 283 g/mol. The molecule has 7 nitrogen and oxygen atoms in total. The lowest BCUT2D eigenvalue weighted by Gasteiger charge is -2.32. The van der Waals surface area contributed by atoms with Crippen LogP contribution in [0, 0.1) is 15.9 Å². The zero-order chi connectivity index (χ0) is 15.6. The van der Waals surface area contributed by atoms with Crippen molar-refractivity contribution in [3.63, 3.8) is 0 Å². The number of ether oxygens (including phenoxy) is 1. The number of carbonyl (C=O) groups is 1. The average Bonchev–Trinajstić information content (AvgIpc) is 2.46. The highest BCUT2D eigenvalue weighted by Crippen LogP contribution is 2.33. The average molecular weight is 298 g/mol. The van der Waals surface area contributed by atoms with E-state index in [2.05, 4.69) is 0 Å². The van der Waals surface area contributed by atoms with Gasteiger partial charge in [0.05, 0.1) is 16.6 Å². The summed E-state index contributed by atoms with van der Waals surface area (Å²) >= 11 is 0. The molecule has 0 unspecified atom stereocenters. The Labute approximate surface area is 120 Å². The normalized spacial score (nSPS) is 15.7. The lowest BCUT2D eigenvalue weighted by molar-refractivity contribution is -0.384. The molecule has 1 aliphatic rings. The molecule has 1 N–H and O–H groups in total. The molecule has 0 spiro atoms. The smallest absolute Gasteiger partial charge is 0.338 e. The summed E-state index contributed by atoms with van der Waals surface area (Å²) in [6, 6.07) is 1.67. The number of aromatic carboxylic acids is 1. The van der Waals surface area contributed by atoms with Crippen molar-refractivity contribution < 1.29 is 24.0 Å². The molecule has 0 bridgehead atoms. The Kier molecular flexibility index (Phi) is 4.37. The maximum absolute atomic E-state index is 13.6. The van der Waals surface area contributed by atoms with E-state index in [1.165, 1.54) is 0 Å². The topological polar surface area (TPSA) is 92.9 Å². The highest BCUT2D eigenvalue weighted by atomic mass is 19.1. The van der Waals surface area contributed by atoms with Gasteiger partial charge in [0.1, 0.15) is 11.5 Å². The molecule has 1 aromatic carbocycles. The lowest BCUT2D eigenvalue weighted by atomic mass is 10.0. The number of hydrogen-bond donors (Lipinski definition) is 1. The summed E-state index contributed by atoms with van der Waals surface area (Å²) in [5.41, 5.74) is -0.910. The van der Waals surface area contributed by atoms with Crippen LogP contribution >= 0.6 is 0 Å². The molecule has 114 valence electrons. The lowest BCUT2D eigenvalue weighted by Crippen LogP contribution is -2.37. The number of nitrogens with zero attached hydrogens (tertiary/aromatic N) is 2.